The number of sulfonamides is 1. The molecule has 0 radical (unpaired) electrons. The van der Waals surface area contributed by atoms with Crippen LogP contribution in [0.15, 0.2) is 30.3 Å². The van der Waals surface area contributed by atoms with Crippen LogP contribution in [0.3, 0.4) is 0 Å². The molecule has 0 saturated carbocycles. The molecule has 30 heavy (non-hydrogen) atoms. The molecule has 1 aromatic carbocycles. The Labute approximate surface area is 176 Å². The Hall–Kier alpha value is -1.79. The predicted octanol–water partition coefficient (Wildman–Crippen LogP) is 3.03. The molecule has 12 heteroatoms. The van der Waals surface area contributed by atoms with Gasteiger partial charge in [-0.05, 0) is 49.7 Å². The van der Waals surface area contributed by atoms with Gasteiger partial charge in [0, 0.05) is 5.56 Å². The van der Waals surface area contributed by atoms with E-state index in [1.54, 1.807) is 0 Å². The predicted molar refractivity (Wildman–Crippen MR) is 105 cm³/mol. The molecule has 1 heterocycles. The lowest BCUT2D eigenvalue weighted by atomic mass is 9.89. The Morgan fingerprint density at radius 3 is 2.17 bits per heavy atom. The second kappa shape index (κ2) is 8.39. The van der Waals surface area contributed by atoms with Crippen molar-refractivity contribution in [1.29, 1.82) is 0 Å². The van der Waals surface area contributed by atoms with Crippen LogP contribution in [-0.2, 0) is 21.2 Å². The zero-order valence-electron chi connectivity index (χ0n) is 16.1. The number of aromatic nitrogens is 1. The molecular formula is C18H20ClF4N3O3S. The first-order chi connectivity index (χ1) is 13.6. The number of hydrogen-bond acceptors (Lipinski definition) is 5. The van der Waals surface area contributed by atoms with Crippen LogP contribution < -0.4 is 10.5 Å². The average molecular weight is 470 g/mol. The molecule has 2 unspecified atom stereocenters. The van der Waals surface area contributed by atoms with E-state index >= 15 is 0 Å². The summed E-state index contributed by atoms with van der Waals surface area (Å²) in [5.41, 5.74) is -1.01. The molecule has 0 aliphatic carbocycles. The number of pyridine rings is 1. The maximum atomic E-state index is 13.9. The molecule has 166 valence electrons. The number of rotatable bonds is 7. The van der Waals surface area contributed by atoms with Crippen LogP contribution in [0, 0.1) is 5.82 Å². The fourth-order valence-electron chi connectivity index (χ4n) is 2.88. The maximum absolute atomic E-state index is 13.9. The van der Waals surface area contributed by atoms with Crippen molar-refractivity contribution in [3.63, 3.8) is 0 Å². The summed E-state index contributed by atoms with van der Waals surface area (Å²) in [5, 5.41) is 10.1. The van der Waals surface area contributed by atoms with E-state index in [-0.39, 0.29) is 21.8 Å². The molecule has 0 aliphatic rings. The lowest BCUT2D eigenvalue weighted by Crippen LogP contribution is -2.49. The fraction of sp³-hybridized carbons (Fsp3) is 0.389. The highest BCUT2D eigenvalue weighted by Crippen LogP contribution is 2.40. The monoisotopic (exact) mass is 469 g/mol. The van der Waals surface area contributed by atoms with Gasteiger partial charge in [-0.2, -0.15) is 0 Å². The van der Waals surface area contributed by atoms with Gasteiger partial charge in [0.15, 0.2) is 6.30 Å². The smallest absolute Gasteiger partial charge is 0.276 e. The van der Waals surface area contributed by atoms with Crippen molar-refractivity contribution in [3.05, 3.63) is 52.4 Å². The normalized spacial score (nSPS) is 15.8. The molecule has 1 aromatic heterocycles. The molecular weight excluding hydrogens is 450 g/mol. The minimum atomic E-state index is -3.80. The van der Waals surface area contributed by atoms with Gasteiger partial charge in [0.25, 0.3) is 6.43 Å². The lowest BCUT2D eigenvalue weighted by Gasteiger charge is -2.32. The standard InChI is InChI=1S/C18H20ClF4N3O3S/c1-17(2,26-30(3,28)29)11-8-12(18(27,15(21)22)16(23)24)25-14(13(11)19)9-4-6-10(20)7-5-9/h4-8,15-16,26-27H,24H2,1-3H3. The molecule has 0 amide bonds. The third-order valence-corrected chi connectivity index (χ3v) is 5.62. The van der Waals surface area contributed by atoms with E-state index in [9.17, 15) is 31.1 Å². The minimum Gasteiger partial charge on any atom is -0.374 e. The number of alkyl halides is 3. The summed E-state index contributed by atoms with van der Waals surface area (Å²) in [6.07, 6.45) is -5.73. The average Bonchev–Trinajstić information content (AvgIpc) is 2.59. The Morgan fingerprint density at radius 1 is 1.20 bits per heavy atom. The number of nitrogens with zero attached hydrogens (tertiary/aromatic N) is 1. The van der Waals surface area contributed by atoms with Crippen LogP contribution in [0.5, 0.6) is 0 Å². The highest BCUT2D eigenvalue weighted by Gasteiger charge is 2.49. The first-order valence-corrected chi connectivity index (χ1v) is 10.7. The quantitative estimate of drug-likeness (QED) is 0.427. The largest absolute Gasteiger partial charge is 0.374 e. The highest BCUT2D eigenvalue weighted by atomic mass is 35.5. The SMILES string of the molecule is CC(C)(NS(C)(=O)=O)c1cc(C(O)(C(N)F)C(F)F)nc(-c2ccc(F)cc2)c1Cl. The molecule has 0 fully saturated rings. The zero-order valence-corrected chi connectivity index (χ0v) is 17.7. The van der Waals surface area contributed by atoms with Crippen molar-refractivity contribution in [2.75, 3.05) is 6.26 Å². The summed E-state index contributed by atoms with van der Waals surface area (Å²) in [6.45, 7) is 2.76. The van der Waals surface area contributed by atoms with Crippen molar-refractivity contribution >= 4 is 21.6 Å². The Kier molecular flexibility index (Phi) is 6.84. The molecule has 0 bridgehead atoms. The summed E-state index contributed by atoms with van der Waals surface area (Å²) >= 11 is 6.39. The van der Waals surface area contributed by atoms with Crippen LogP contribution in [0.1, 0.15) is 25.1 Å². The topological polar surface area (TPSA) is 105 Å². The second-order valence-corrected chi connectivity index (χ2v) is 9.38. The van der Waals surface area contributed by atoms with Gasteiger partial charge in [-0.3, -0.25) is 5.73 Å². The number of nitrogens with two attached hydrogens (primary N) is 1. The van der Waals surface area contributed by atoms with Gasteiger partial charge in [0.1, 0.15) is 5.82 Å². The maximum Gasteiger partial charge on any atom is 0.276 e. The van der Waals surface area contributed by atoms with Crippen LogP contribution in [0.4, 0.5) is 17.6 Å². The van der Waals surface area contributed by atoms with E-state index in [1.165, 1.54) is 26.0 Å². The van der Waals surface area contributed by atoms with Crippen molar-refractivity contribution in [2.45, 2.75) is 37.7 Å². The summed E-state index contributed by atoms with van der Waals surface area (Å²) in [5.74, 6) is -0.597. The number of benzene rings is 1. The third kappa shape index (κ3) is 4.92. The molecule has 2 atom stereocenters. The Bertz CT molecular complexity index is 1020. The molecule has 2 rings (SSSR count). The van der Waals surface area contributed by atoms with Crippen LogP contribution >= 0.6 is 11.6 Å². The Balaban J connectivity index is 2.88. The van der Waals surface area contributed by atoms with Crippen LogP contribution in [0.25, 0.3) is 11.3 Å². The summed E-state index contributed by atoms with van der Waals surface area (Å²) < 4.78 is 80.2. The lowest BCUT2D eigenvalue weighted by molar-refractivity contribution is -0.147. The third-order valence-electron chi connectivity index (χ3n) is 4.35. The number of nitrogens with one attached hydrogen (secondary N) is 1. The van der Waals surface area contributed by atoms with Gasteiger partial charge in [-0.25, -0.2) is 35.7 Å². The molecule has 0 aliphatic heterocycles. The van der Waals surface area contributed by atoms with E-state index in [0.717, 1.165) is 24.5 Å². The fourth-order valence-corrected chi connectivity index (χ4v) is 4.36. The van der Waals surface area contributed by atoms with Crippen LogP contribution in [0.2, 0.25) is 5.02 Å². The highest BCUT2D eigenvalue weighted by molar-refractivity contribution is 7.88. The van der Waals surface area contributed by atoms with Crippen molar-refractivity contribution < 1.29 is 31.1 Å². The summed E-state index contributed by atoms with van der Waals surface area (Å²) in [6, 6.07) is 5.45. The molecule has 0 saturated heterocycles. The van der Waals surface area contributed by atoms with Gasteiger partial charge in [-0.15, -0.1) is 0 Å². The molecule has 0 spiro atoms. The van der Waals surface area contributed by atoms with Crippen molar-refractivity contribution in [3.8, 4) is 11.3 Å². The second-order valence-electron chi connectivity index (χ2n) is 7.25. The summed E-state index contributed by atoms with van der Waals surface area (Å²) in [7, 11) is -3.80. The van der Waals surface area contributed by atoms with E-state index in [2.05, 4.69) is 9.71 Å². The van der Waals surface area contributed by atoms with Gasteiger partial charge in [0.2, 0.25) is 15.6 Å². The Morgan fingerprint density at radius 2 is 1.73 bits per heavy atom. The first kappa shape index (κ1) is 24.5. The zero-order chi connectivity index (χ0) is 23.1. The van der Waals surface area contributed by atoms with E-state index in [0.29, 0.717) is 0 Å². The first-order valence-electron chi connectivity index (χ1n) is 8.46. The van der Waals surface area contributed by atoms with Gasteiger partial charge in [-0.1, -0.05) is 11.6 Å². The van der Waals surface area contributed by atoms with Crippen molar-refractivity contribution in [1.82, 2.24) is 9.71 Å². The van der Waals surface area contributed by atoms with E-state index in [1.807, 2.05) is 0 Å². The van der Waals surface area contributed by atoms with Crippen LogP contribution in [-0.4, -0.2) is 37.5 Å². The molecule has 4 N–H and O–H groups in total. The molecule has 2 aromatic rings. The number of halogens is 5. The van der Waals surface area contributed by atoms with E-state index < -0.39 is 45.4 Å². The number of hydrogen-bond donors (Lipinski definition) is 3. The van der Waals surface area contributed by atoms with Gasteiger partial charge < -0.3 is 5.11 Å². The van der Waals surface area contributed by atoms with Crippen molar-refractivity contribution in [2.24, 2.45) is 5.73 Å². The van der Waals surface area contributed by atoms with E-state index in [4.69, 9.17) is 17.3 Å². The summed E-state index contributed by atoms with van der Waals surface area (Å²) in [4.78, 5) is 3.88. The van der Waals surface area contributed by atoms with Gasteiger partial charge >= 0.3 is 0 Å². The number of aliphatic hydroxyl groups is 1. The molecule has 6 nitrogen and oxygen atoms in total. The minimum absolute atomic E-state index is 0.0846. The van der Waals surface area contributed by atoms with Gasteiger partial charge in [0.05, 0.1) is 28.2 Å².